The second-order valence-electron chi connectivity index (χ2n) is 6.93. The number of phenolic OH excluding ortho intramolecular Hbond substituents is 1. The molecule has 1 spiro atoms. The van der Waals surface area contributed by atoms with Crippen LogP contribution in [0, 0.1) is 11.7 Å². The molecule has 2 fully saturated rings. The molecule has 1 aromatic carbocycles. The molecular weight excluding hydrogens is 315 g/mol. The lowest BCUT2D eigenvalue weighted by Crippen LogP contribution is -2.47. The number of aromatic hydroxyl groups is 1. The van der Waals surface area contributed by atoms with Gasteiger partial charge >= 0.3 is 0 Å². The van der Waals surface area contributed by atoms with Gasteiger partial charge in [0.2, 0.25) is 0 Å². The third kappa shape index (κ3) is 3.23. The lowest BCUT2D eigenvalue weighted by molar-refractivity contribution is -0.209. The Morgan fingerprint density at radius 2 is 1.83 bits per heavy atom. The van der Waals surface area contributed by atoms with Crippen LogP contribution in [0.25, 0.3) is 0 Å². The van der Waals surface area contributed by atoms with E-state index in [2.05, 4.69) is 0 Å². The number of ether oxygens (including phenoxy) is 3. The van der Waals surface area contributed by atoms with Crippen molar-refractivity contribution in [3.63, 3.8) is 0 Å². The maximum absolute atomic E-state index is 14.2. The van der Waals surface area contributed by atoms with E-state index in [4.69, 9.17) is 14.2 Å². The van der Waals surface area contributed by atoms with Crippen molar-refractivity contribution >= 4 is 0 Å². The highest BCUT2D eigenvalue weighted by molar-refractivity contribution is 5.42. The first-order valence-electron chi connectivity index (χ1n) is 8.43. The fourth-order valence-corrected chi connectivity index (χ4v) is 3.77. The molecule has 0 radical (unpaired) electrons. The van der Waals surface area contributed by atoms with E-state index in [0.717, 1.165) is 0 Å². The Kier molecular flexibility index (Phi) is 4.73. The number of rotatable bonds is 4. The summed E-state index contributed by atoms with van der Waals surface area (Å²) in [4.78, 5) is 0. The first-order chi connectivity index (χ1) is 11.4. The van der Waals surface area contributed by atoms with Crippen LogP contribution in [-0.2, 0) is 15.9 Å². The molecule has 0 bridgehead atoms. The van der Waals surface area contributed by atoms with Crippen molar-refractivity contribution in [3.05, 3.63) is 23.5 Å². The molecule has 2 aliphatic rings. The predicted molar refractivity (Wildman–Crippen MR) is 85.5 cm³/mol. The van der Waals surface area contributed by atoms with Crippen LogP contribution in [-0.4, -0.2) is 41.9 Å². The van der Waals surface area contributed by atoms with Gasteiger partial charge in [-0.15, -0.1) is 0 Å². The summed E-state index contributed by atoms with van der Waals surface area (Å²) in [5.74, 6) is -1.11. The zero-order valence-electron chi connectivity index (χ0n) is 14.2. The number of methoxy groups -OCH3 is 1. The van der Waals surface area contributed by atoms with Gasteiger partial charge < -0.3 is 24.4 Å². The molecule has 1 saturated heterocycles. The molecule has 3 rings (SSSR count). The van der Waals surface area contributed by atoms with Gasteiger partial charge in [-0.1, -0.05) is 6.92 Å². The standard InChI is InChI=1S/C18H25FO5/c1-12(9-13-10-15(20)16(22-2)11-14(13)19)17(21)3-5-18(6-4-17)23-7-8-24-18/h10-12,20-21H,3-9H2,1-2H3. The van der Waals surface area contributed by atoms with E-state index in [1.807, 2.05) is 6.92 Å². The Hall–Kier alpha value is -1.37. The maximum Gasteiger partial charge on any atom is 0.168 e. The van der Waals surface area contributed by atoms with Gasteiger partial charge in [0.15, 0.2) is 17.3 Å². The zero-order chi connectivity index (χ0) is 17.4. The van der Waals surface area contributed by atoms with Crippen molar-refractivity contribution in [1.29, 1.82) is 0 Å². The lowest BCUT2D eigenvalue weighted by atomic mass is 9.72. The van der Waals surface area contributed by atoms with Gasteiger partial charge in [0.1, 0.15) is 5.82 Å². The summed E-state index contributed by atoms with van der Waals surface area (Å²) >= 11 is 0. The number of hydrogen-bond acceptors (Lipinski definition) is 5. The summed E-state index contributed by atoms with van der Waals surface area (Å²) in [5.41, 5.74) is -0.509. The van der Waals surface area contributed by atoms with E-state index in [9.17, 15) is 14.6 Å². The average molecular weight is 340 g/mol. The molecule has 1 heterocycles. The molecule has 0 amide bonds. The quantitative estimate of drug-likeness (QED) is 0.882. The van der Waals surface area contributed by atoms with E-state index in [-0.39, 0.29) is 17.4 Å². The monoisotopic (exact) mass is 340 g/mol. The summed E-state index contributed by atoms with van der Waals surface area (Å²) in [6.07, 6.45) is 2.73. The third-order valence-electron chi connectivity index (χ3n) is 5.48. The van der Waals surface area contributed by atoms with Crippen LogP contribution in [0.4, 0.5) is 4.39 Å². The largest absolute Gasteiger partial charge is 0.504 e. The fourth-order valence-electron chi connectivity index (χ4n) is 3.77. The van der Waals surface area contributed by atoms with Crippen molar-refractivity contribution in [2.24, 2.45) is 5.92 Å². The second kappa shape index (κ2) is 6.50. The van der Waals surface area contributed by atoms with Gasteiger partial charge in [0, 0.05) is 18.9 Å². The Morgan fingerprint density at radius 3 is 2.42 bits per heavy atom. The van der Waals surface area contributed by atoms with Crippen LogP contribution < -0.4 is 4.74 Å². The van der Waals surface area contributed by atoms with Gasteiger partial charge in [0.25, 0.3) is 0 Å². The number of benzene rings is 1. The van der Waals surface area contributed by atoms with Gasteiger partial charge in [0.05, 0.1) is 25.9 Å². The molecular formula is C18H25FO5. The number of halogens is 1. The molecule has 2 N–H and O–H groups in total. The number of aliphatic hydroxyl groups is 1. The van der Waals surface area contributed by atoms with Gasteiger partial charge in [-0.2, -0.15) is 0 Å². The molecule has 5 nitrogen and oxygen atoms in total. The molecule has 1 aromatic rings. The molecule has 134 valence electrons. The Morgan fingerprint density at radius 1 is 1.21 bits per heavy atom. The van der Waals surface area contributed by atoms with Gasteiger partial charge in [-0.3, -0.25) is 0 Å². The highest BCUT2D eigenvalue weighted by Gasteiger charge is 2.47. The van der Waals surface area contributed by atoms with Crippen molar-refractivity contribution < 1.29 is 28.8 Å². The van der Waals surface area contributed by atoms with Crippen LogP contribution in [0.1, 0.15) is 38.2 Å². The molecule has 1 aliphatic carbocycles. The molecule has 24 heavy (non-hydrogen) atoms. The van der Waals surface area contributed by atoms with E-state index in [0.29, 0.717) is 50.9 Å². The molecule has 1 unspecified atom stereocenters. The van der Waals surface area contributed by atoms with E-state index in [1.165, 1.54) is 19.2 Å². The number of hydrogen-bond donors (Lipinski definition) is 2. The first-order valence-corrected chi connectivity index (χ1v) is 8.43. The average Bonchev–Trinajstić information content (AvgIpc) is 3.02. The van der Waals surface area contributed by atoms with Crippen LogP contribution >= 0.6 is 0 Å². The molecule has 1 atom stereocenters. The van der Waals surface area contributed by atoms with Crippen molar-refractivity contribution in [2.45, 2.75) is 50.4 Å². The highest BCUT2D eigenvalue weighted by Crippen LogP contribution is 2.44. The van der Waals surface area contributed by atoms with Crippen LogP contribution in [0.5, 0.6) is 11.5 Å². The van der Waals surface area contributed by atoms with Crippen LogP contribution in [0.2, 0.25) is 0 Å². The lowest BCUT2D eigenvalue weighted by Gasteiger charge is -2.43. The fraction of sp³-hybridized carbons (Fsp3) is 0.667. The molecule has 1 saturated carbocycles. The Labute approximate surface area is 141 Å². The Bertz CT molecular complexity index is 587. The predicted octanol–water partition coefficient (Wildman–Crippen LogP) is 2.77. The maximum atomic E-state index is 14.2. The van der Waals surface area contributed by atoms with E-state index in [1.54, 1.807) is 0 Å². The SMILES string of the molecule is COc1cc(F)c(CC(C)C2(O)CCC3(CC2)OCCO3)cc1O. The van der Waals surface area contributed by atoms with Crippen molar-refractivity contribution in [3.8, 4) is 11.5 Å². The molecule has 0 aromatic heterocycles. The first kappa shape index (κ1) is 17.5. The van der Waals surface area contributed by atoms with E-state index >= 15 is 0 Å². The highest BCUT2D eigenvalue weighted by atomic mass is 19.1. The second-order valence-corrected chi connectivity index (χ2v) is 6.93. The smallest absolute Gasteiger partial charge is 0.168 e. The van der Waals surface area contributed by atoms with E-state index < -0.39 is 17.2 Å². The number of phenols is 1. The van der Waals surface area contributed by atoms with Gasteiger partial charge in [-0.25, -0.2) is 4.39 Å². The van der Waals surface area contributed by atoms with Crippen LogP contribution in [0.15, 0.2) is 12.1 Å². The van der Waals surface area contributed by atoms with Gasteiger partial charge in [-0.05, 0) is 36.8 Å². The summed E-state index contributed by atoms with van der Waals surface area (Å²) in [6.45, 7) is 3.11. The third-order valence-corrected chi connectivity index (χ3v) is 5.48. The minimum absolute atomic E-state index is 0.0940. The Balaban J connectivity index is 1.68. The minimum Gasteiger partial charge on any atom is -0.504 e. The summed E-state index contributed by atoms with van der Waals surface area (Å²) < 4.78 is 30.5. The summed E-state index contributed by atoms with van der Waals surface area (Å²) in [5, 5.41) is 20.8. The minimum atomic E-state index is -0.886. The topological polar surface area (TPSA) is 68.2 Å². The zero-order valence-corrected chi connectivity index (χ0v) is 14.2. The van der Waals surface area contributed by atoms with Crippen molar-refractivity contribution in [2.75, 3.05) is 20.3 Å². The normalized spacial score (nSPS) is 23.3. The van der Waals surface area contributed by atoms with Crippen molar-refractivity contribution in [1.82, 2.24) is 0 Å². The summed E-state index contributed by atoms with van der Waals surface area (Å²) in [7, 11) is 1.38. The molecule has 6 heteroatoms. The summed E-state index contributed by atoms with van der Waals surface area (Å²) in [6, 6.07) is 2.55. The molecule has 1 aliphatic heterocycles. The van der Waals surface area contributed by atoms with Crippen LogP contribution in [0.3, 0.4) is 0 Å².